The molecule has 0 aliphatic carbocycles. The monoisotopic (exact) mass is 267 g/mol. The molecule has 2 aliphatic heterocycles. The Hall–Kier alpha value is -0.610. The van der Waals surface area contributed by atoms with Gasteiger partial charge in [-0.25, -0.2) is 0 Å². The number of hydrogen-bond acceptors (Lipinski definition) is 3. The predicted octanol–water partition coefficient (Wildman–Crippen LogP) is 1.51. The van der Waals surface area contributed by atoms with Crippen LogP contribution in [0.4, 0.5) is 0 Å². The Balaban J connectivity index is 1.81. The lowest BCUT2D eigenvalue weighted by atomic mass is 9.82. The lowest BCUT2D eigenvalue weighted by molar-refractivity contribution is -0.123. The van der Waals surface area contributed by atoms with Crippen molar-refractivity contribution in [2.24, 2.45) is 0 Å². The predicted molar refractivity (Wildman–Crippen MR) is 78.1 cm³/mol. The number of amides is 1. The standard InChI is InChI=1S/C15H29N3O/c1-4-8-16-15(19)11(2)17-12-9-13-6-5-7-14(10-12)18(13)3/h11-14,17H,4-10H2,1-3H3,(H,16,19). The minimum atomic E-state index is -0.0688. The van der Waals surface area contributed by atoms with Gasteiger partial charge in [0.25, 0.3) is 0 Å². The first-order chi connectivity index (χ1) is 9.11. The van der Waals surface area contributed by atoms with Crippen molar-refractivity contribution in [3.8, 4) is 0 Å². The highest BCUT2D eigenvalue weighted by atomic mass is 16.2. The normalized spacial score (nSPS) is 32.9. The molecule has 2 rings (SSSR count). The third-order valence-corrected chi connectivity index (χ3v) is 4.77. The maximum atomic E-state index is 11.9. The molecule has 2 aliphatic rings. The summed E-state index contributed by atoms with van der Waals surface area (Å²) in [5.41, 5.74) is 0. The van der Waals surface area contributed by atoms with Crippen molar-refractivity contribution in [1.82, 2.24) is 15.5 Å². The Morgan fingerprint density at radius 3 is 2.53 bits per heavy atom. The highest BCUT2D eigenvalue weighted by Crippen LogP contribution is 2.32. The largest absolute Gasteiger partial charge is 0.355 e. The maximum absolute atomic E-state index is 11.9. The zero-order chi connectivity index (χ0) is 13.8. The number of nitrogens with one attached hydrogen (secondary N) is 2. The second kappa shape index (κ2) is 6.71. The quantitative estimate of drug-likeness (QED) is 0.793. The highest BCUT2D eigenvalue weighted by Gasteiger charge is 2.36. The van der Waals surface area contributed by atoms with Gasteiger partial charge in [0.1, 0.15) is 0 Å². The summed E-state index contributed by atoms with van der Waals surface area (Å²) in [6.45, 7) is 4.85. The second-order valence-corrected chi connectivity index (χ2v) is 6.25. The van der Waals surface area contributed by atoms with E-state index in [0.29, 0.717) is 6.04 Å². The Labute approximate surface area is 117 Å². The minimum Gasteiger partial charge on any atom is -0.355 e. The third kappa shape index (κ3) is 3.69. The molecule has 2 heterocycles. The Bertz CT molecular complexity index is 294. The van der Waals surface area contributed by atoms with E-state index < -0.39 is 0 Å². The average Bonchev–Trinajstić information content (AvgIpc) is 2.37. The molecule has 1 amide bonds. The SMILES string of the molecule is CCCNC(=O)C(C)NC1CC2CCCC(C1)N2C. The van der Waals surface area contributed by atoms with E-state index in [9.17, 15) is 4.79 Å². The molecule has 3 atom stereocenters. The molecule has 4 nitrogen and oxygen atoms in total. The molecule has 2 saturated heterocycles. The summed E-state index contributed by atoms with van der Waals surface area (Å²) in [6.07, 6.45) is 7.40. The van der Waals surface area contributed by atoms with Gasteiger partial charge in [-0.1, -0.05) is 13.3 Å². The first kappa shape index (κ1) is 14.8. The summed E-state index contributed by atoms with van der Waals surface area (Å²) in [7, 11) is 2.27. The van der Waals surface area contributed by atoms with Crippen LogP contribution in [0.25, 0.3) is 0 Å². The van der Waals surface area contributed by atoms with E-state index in [1.54, 1.807) is 0 Å². The molecule has 0 spiro atoms. The number of carbonyl (C=O) groups is 1. The van der Waals surface area contributed by atoms with Crippen molar-refractivity contribution >= 4 is 5.91 Å². The van der Waals surface area contributed by atoms with Crippen LogP contribution < -0.4 is 10.6 Å². The van der Waals surface area contributed by atoms with Gasteiger partial charge in [0.2, 0.25) is 5.91 Å². The smallest absolute Gasteiger partial charge is 0.236 e. The van der Waals surface area contributed by atoms with Gasteiger partial charge in [-0.2, -0.15) is 0 Å². The van der Waals surface area contributed by atoms with E-state index in [-0.39, 0.29) is 11.9 Å². The number of nitrogens with zero attached hydrogens (tertiary/aromatic N) is 1. The molecule has 19 heavy (non-hydrogen) atoms. The van der Waals surface area contributed by atoms with E-state index in [1.807, 2.05) is 6.92 Å². The summed E-state index contributed by atoms with van der Waals surface area (Å²) in [6, 6.07) is 1.88. The van der Waals surface area contributed by atoms with Crippen LogP contribution in [0.1, 0.15) is 52.4 Å². The van der Waals surface area contributed by atoms with Gasteiger partial charge in [-0.05, 0) is 46.1 Å². The number of fused-ring (bicyclic) bond motifs is 2. The van der Waals surface area contributed by atoms with E-state index in [2.05, 4.69) is 29.5 Å². The first-order valence-electron chi connectivity index (χ1n) is 7.87. The Morgan fingerprint density at radius 1 is 1.32 bits per heavy atom. The Morgan fingerprint density at radius 2 is 1.95 bits per heavy atom. The van der Waals surface area contributed by atoms with Gasteiger partial charge < -0.3 is 15.5 Å². The van der Waals surface area contributed by atoms with E-state index in [1.165, 1.54) is 32.1 Å². The fourth-order valence-corrected chi connectivity index (χ4v) is 3.58. The fraction of sp³-hybridized carbons (Fsp3) is 0.933. The molecule has 0 radical (unpaired) electrons. The summed E-state index contributed by atoms with van der Waals surface area (Å²) < 4.78 is 0. The molecule has 4 heteroatoms. The van der Waals surface area contributed by atoms with Crippen LogP contribution in [0.2, 0.25) is 0 Å². The second-order valence-electron chi connectivity index (χ2n) is 6.25. The van der Waals surface area contributed by atoms with Crippen molar-refractivity contribution in [3.63, 3.8) is 0 Å². The van der Waals surface area contributed by atoms with Crippen molar-refractivity contribution in [2.45, 2.75) is 76.5 Å². The van der Waals surface area contributed by atoms with Gasteiger partial charge in [-0.3, -0.25) is 4.79 Å². The van der Waals surface area contributed by atoms with Crippen molar-refractivity contribution in [2.75, 3.05) is 13.6 Å². The molecular weight excluding hydrogens is 238 g/mol. The Kier molecular flexibility index (Phi) is 5.22. The zero-order valence-corrected chi connectivity index (χ0v) is 12.6. The van der Waals surface area contributed by atoms with Crippen LogP contribution >= 0.6 is 0 Å². The topological polar surface area (TPSA) is 44.4 Å². The summed E-state index contributed by atoms with van der Waals surface area (Å²) in [4.78, 5) is 14.5. The third-order valence-electron chi connectivity index (χ3n) is 4.77. The molecule has 2 fully saturated rings. The molecule has 0 aromatic rings. The van der Waals surface area contributed by atoms with Crippen LogP contribution in [-0.2, 0) is 4.79 Å². The van der Waals surface area contributed by atoms with Crippen LogP contribution in [-0.4, -0.2) is 48.6 Å². The van der Waals surface area contributed by atoms with E-state index in [4.69, 9.17) is 0 Å². The van der Waals surface area contributed by atoms with Crippen molar-refractivity contribution in [3.05, 3.63) is 0 Å². The van der Waals surface area contributed by atoms with E-state index in [0.717, 1.165) is 25.0 Å². The molecule has 2 N–H and O–H groups in total. The number of piperidine rings is 2. The zero-order valence-electron chi connectivity index (χ0n) is 12.6. The molecule has 0 aromatic heterocycles. The molecule has 0 saturated carbocycles. The first-order valence-corrected chi connectivity index (χ1v) is 7.87. The van der Waals surface area contributed by atoms with Gasteiger partial charge in [0.05, 0.1) is 6.04 Å². The number of carbonyl (C=O) groups excluding carboxylic acids is 1. The van der Waals surface area contributed by atoms with Crippen LogP contribution in [0.5, 0.6) is 0 Å². The molecule has 110 valence electrons. The molecular formula is C15H29N3O. The lowest BCUT2D eigenvalue weighted by Gasteiger charge is -2.47. The highest BCUT2D eigenvalue weighted by molar-refractivity contribution is 5.81. The van der Waals surface area contributed by atoms with E-state index >= 15 is 0 Å². The number of hydrogen-bond donors (Lipinski definition) is 2. The lowest BCUT2D eigenvalue weighted by Crippen LogP contribution is -2.57. The summed E-state index contributed by atoms with van der Waals surface area (Å²) >= 11 is 0. The van der Waals surface area contributed by atoms with Crippen molar-refractivity contribution < 1.29 is 4.79 Å². The average molecular weight is 267 g/mol. The van der Waals surface area contributed by atoms with Crippen molar-refractivity contribution in [1.29, 1.82) is 0 Å². The maximum Gasteiger partial charge on any atom is 0.236 e. The summed E-state index contributed by atoms with van der Waals surface area (Å²) in [5, 5.41) is 6.51. The minimum absolute atomic E-state index is 0.0688. The van der Waals surface area contributed by atoms with Crippen LogP contribution in [0, 0.1) is 0 Å². The number of rotatable bonds is 5. The van der Waals surface area contributed by atoms with Gasteiger partial charge in [-0.15, -0.1) is 0 Å². The summed E-state index contributed by atoms with van der Waals surface area (Å²) in [5.74, 6) is 0.144. The van der Waals surface area contributed by atoms with Gasteiger partial charge >= 0.3 is 0 Å². The molecule has 2 bridgehead atoms. The fourth-order valence-electron chi connectivity index (χ4n) is 3.58. The van der Waals surface area contributed by atoms with Crippen LogP contribution in [0.15, 0.2) is 0 Å². The van der Waals surface area contributed by atoms with Gasteiger partial charge in [0, 0.05) is 24.7 Å². The van der Waals surface area contributed by atoms with Crippen LogP contribution in [0.3, 0.4) is 0 Å². The van der Waals surface area contributed by atoms with Gasteiger partial charge in [0.15, 0.2) is 0 Å². The molecule has 3 unspecified atom stereocenters. The molecule has 0 aromatic carbocycles.